The van der Waals surface area contributed by atoms with Gasteiger partial charge in [0.2, 0.25) is 0 Å². The number of aromatic nitrogens is 4. The molecule has 0 amide bonds. The Hall–Kier alpha value is -11.1. The highest BCUT2D eigenvalue weighted by molar-refractivity contribution is 6.13. The summed E-state index contributed by atoms with van der Waals surface area (Å²) in [6, 6.07) is 109. The molecule has 13 aromatic carbocycles. The van der Waals surface area contributed by atoms with Crippen LogP contribution in [0.3, 0.4) is 0 Å². The van der Waals surface area contributed by atoms with E-state index in [0.29, 0.717) is 0 Å². The van der Waals surface area contributed by atoms with Gasteiger partial charge in [-0.25, -0.2) is 9.97 Å². The summed E-state index contributed by atoms with van der Waals surface area (Å²) in [5, 5.41) is 9.60. The van der Waals surface area contributed by atoms with E-state index in [4.69, 9.17) is 9.97 Å². The average molecular weight is 1050 g/mol. The molecule has 6 heteroatoms. The summed E-state index contributed by atoms with van der Waals surface area (Å²) in [6.07, 6.45) is 0. The molecule has 0 fully saturated rings. The van der Waals surface area contributed by atoms with Gasteiger partial charge in [0.25, 0.3) is 0 Å². The van der Waals surface area contributed by atoms with Crippen LogP contribution in [0.25, 0.3) is 110 Å². The van der Waals surface area contributed by atoms with Gasteiger partial charge in [-0.05, 0) is 109 Å². The molecule has 0 saturated carbocycles. The number of hydrogen-bond donors (Lipinski definition) is 0. The average Bonchev–Trinajstić information content (AvgIpc) is 4.26. The van der Waals surface area contributed by atoms with E-state index in [0.717, 1.165) is 89.8 Å². The quantitative estimate of drug-likeness (QED) is 0.137. The summed E-state index contributed by atoms with van der Waals surface area (Å²) in [7, 11) is 0. The third-order valence-electron chi connectivity index (χ3n) is 16.3. The molecule has 3 heterocycles. The molecular weight excluding hydrogens is 997 g/mol. The van der Waals surface area contributed by atoms with Crippen molar-refractivity contribution in [2.24, 2.45) is 0 Å². The van der Waals surface area contributed by atoms with E-state index in [1.54, 1.807) is 0 Å². The van der Waals surface area contributed by atoms with Crippen LogP contribution in [0, 0.1) is 0 Å². The first kappa shape index (κ1) is 47.0. The maximum absolute atomic E-state index is 5.39. The van der Waals surface area contributed by atoms with E-state index >= 15 is 0 Å². The van der Waals surface area contributed by atoms with Crippen molar-refractivity contribution in [3.8, 4) is 33.9 Å². The highest BCUT2D eigenvalue weighted by Crippen LogP contribution is 2.45. The number of anilines is 6. The molecule has 0 bridgehead atoms. The van der Waals surface area contributed by atoms with Crippen molar-refractivity contribution < 1.29 is 0 Å². The zero-order valence-corrected chi connectivity index (χ0v) is 44.6. The Kier molecular flexibility index (Phi) is 11.1. The molecule has 0 spiro atoms. The van der Waals surface area contributed by atoms with E-state index in [1.807, 2.05) is 24.3 Å². The normalized spacial score (nSPS) is 11.7. The molecular formula is C76H50N6. The van der Waals surface area contributed by atoms with Crippen molar-refractivity contribution in [1.82, 2.24) is 19.1 Å². The second-order valence-electron chi connectivity index (χ2n) is 20.9. The predicted octanol–water partition coefficient (Wildman–Crippen LogP) is 20.4. The van der Waals surface area contributed by atoms with Gasteiger partial charge < -0.3 is 18.9 Å². The van der Waals surface area contributed by atoms with Gasteiger partial charge in [-0.1, -0.05) is 194 Å². The van der Waals surface area contributed by atoms with Gasteiger partial charge in [0.1, 0.15) is 0 Å². The Bertz CT molecular complexity index is 4670. The lowest BCUT2D eigenvalue weighted by Crippen LogP contribution is -2.11. The van der Waals surface area contributed by atoms with Crippen molar-refractivity contribution >= 4 is 110 Å². The third kappa shape index (κ3) is 7.65. The van der Waals surface area contributed by atoms with Crippen LogP contribution in [0.2, 0.25) is 0 Å². The fourth-order valence-corrected chi connectivity index (χ4v) is 12.6. The monoisotopic (exact) mass is 1050 g/mol. The molecule has 16 rings (SSSR count). The molecule has 0 unspecified atom stereocenters. The lowest BCUT2D eigenvalue weighted by molar-refractivity contribution is 1.20. The first-order chi connectivity index (χ1) is 40.7. The zero-order valence-electron chi connectivity index (χ0n) is 44.6. The van der Waals surface area contributed by atoms with E-state index in [-0.39, 0.29) is 0 Å². The molecule has 384 valence electrons. The van der Waals surface area contributed by atoms with Crippen LogP contribution < -0.4 is 9.80 Å². The molecule has 0 aliphatic rings. The Labute approximate surface area is 473 Å². The Morgan fingerprint density at radius 3 is 0.890 bits per heavy atom. The highest BCUT2D eigenvalue weighted by Gasteiger charge is 2.23. The summed E-state index contributed by atoms with van der Waals surface area (Å²) >= 11 is 0. The molecule has 0 saturated heterocycles. The highest BCUT2D eigenvalue weighted by atomic mass is 15.2. The molecule has 16 aromatic rings. The van der Waals surface area contributed by atoms with Gasteiger partial charge in [0.05, 0.1) is 67.2 Å². The summed E-state index contributed by atoms with van der Waals surface area (Å²) in [5.41, 5.74) is 18.6. The van der Waals surface area contributed by atoms with Crippen molar-refractivity contribution in [3.05, 3.63) is 303 Å². The van der Waals surface area contributed by atoms with Crippen LogP contribution in [0.15, 0.2) is 303 Å². The lowest BCUT2D eigenvalue weighted by atomic mass is 10.0. The van der Waals surface area contributed by atoms with Gasteiger partial charge in [0.15, 0.2) is 0 Å². The Balaban J connectivity index is 0.796. The van der Waals surface area contributed by atoms with E-state index < -0.39 is 0 Å². The predicted molar refractivity (Wildman–Crippen MR) is 343 cm³/mol. The van der Waals surface area contributed by atoms with Gasteiger partial charge >= 0.3 is 0 Å². The zero-order chi connectivity index (χ0) is 54.1. The number of para-hydroxylation sites is 8. The molecule has 0 radical (unpaired) electrons. The topological polar surface area (TPSA) is 42.1 Å². The van der Waals surface area contributed by atoms with E-state index in [9.17, 15) is 0 Å². The second-order valence-corrected chi connectivity index (χ2v) is 20.9. The van der Waals surface area contributed by atoms with Crippen LogP contribution in [0.5, 0.6) is 0 Å². The van der Waals surface area contributed by atoms with Crippen LogP contribution >= 0.6 is 0 Å². The minimum Gasteiger partial charge on any atom is -0.310 e. The van der Waals surface area contributed by atoms with Gasteiger partial charge in [-0.3, -0.25) is 0 Å². The standard InChI is InChI=1S/C76H50N6/c1-3-21-53(22-4-1)79(67-39-17-31-63-61(67)29-19-41-73(63)81-69-35-13-7-25-57(69)58-26-8-14-36-70(58)81)55-47-43-51(44-48-55)75-76(78-66-34-12-11-33-65(66)77-75)52-45-49-56(50-46-52)80(54-23-5-2-6-24-54)68-40-18-32-64-62(68)30-20-42-74(64)82-71-37-15-9-27-59(71)60-28-10-16-38-72(60)82/h1-50H. The van der Waals surface area contributed by atoms with E-state index in [1.165, 1.54) is 54.4 Å². The van der Waals surface area contributed by atoms with E-state index in [2.05, 4.69) is 298 Å². The number of benzene rings is 13. The van der Waals surface area contributed by atoms with Crippen molar-refractivity contribution in [2.75, 3.05) is 9.80 Å². The minimum absolute atomic E-state index is 0.816. The SMILES string of the molecule is c1ccc(N(c2ccc(-c3nc4ccccc4nc3-c3ccc(N(c4ccccc4)c4cccc5c(-n6c7ccccc7c7ccccc76)cccc45)cc3)cc2)c2cccc3c(-n4c5ccccc5c5ccccc54)cccc23)cc1. The van der Waals surface area contributed by atoms with Crippen LogP contribution in [0.1, 0.15) is 0 Å². The minimum atomic E-state index is 0.816. The molecule has 0 aliphatic carbocycles. The first-order valence-corrected chi connectivity index (χ1v) is 27.9. The molecule has 0 N–H and O–H groups in total. The van der Waals surface area contributed by atoms with Gasteiger partial charge in [0, 0.05) is 77.0 Å². The number of hydrogen-bond acceptors (Lipinski definition) is 4. The summed E-state index contributed by atoms with van der Waals surface area (Å²) in [6.45, 7) is 0. The van der Waals surface area contributed by atoms with Crippen LogP contribution in [-0.4, -0.2) is 19.1 Å². The van der Waals surface area contributed by atoms with Gasteiger partial charge in [-0.15, -0.1) is 0 Å². The molecule has 6 nitrogen and oxygen atoms in total. The first-order valence-electron chi connectivity index (χ1n) is 27.9. The maximum atomic E-state index is 5.39. The molecule has 3 aromatic heterocycles. The lowest BCUT2D eigenvalue weighted by Gasteiger charge is -2.27. The Morgan fingerprint density at radius 1 is 0.220 bits per heavy atom. The molecule has 0 aliphatic heterocycles. The number of nitrogens with zero attached hydrogens (tertiary/aromatic N) is 6. The fourth-order valence-electron chi connectivity index (χ4n) is 12.6. The summed E-state index contributed by atoms with van der Waals surface area (Å²) < 4.78 is 4.84. The summed E-state index contributed by atoms with van der Waals surface area (Å²) in [5.74, 6) is 0. The second kappa shape index (κ2) is 19.4. The van der Waals surface area contributed by atoms with Gasteiger partial charge in [-0.2, -0.15) is 0 Å². The number of fused-ring (bicyclic) bond motifs is 9. The largest absolute Gasteiger partial charge is 0.310 e. The third-order valence-corrected chi connectivity index (χ3v) is 16.3. The molecule has 0 atom stereocenters. The Morgan fingerprint density at radius 2 is 0.512 bits per heavy atom. The van der Waals surface area contributed by atoms with Crippen molar-refractivity contribution in [1.29, 1.82) is 0 Å². The van der Waals surface area contributed by atoms with Crippen molar-refractivity contribution in [3.63, 3.8) is 0 Å². The van der Waals surface area contributed by atoms with Crippen LogP contribution in [-0.2, 0) is 0 Å². The summed E-state index contributed by atoms with van der Waals surface area (Å²) in [4.78, 5) is 15.5. The van der Waals surface area contributed by atoms with Crippen molar-refractivity contribution in [2.45, 2.75) is 0 Å². The number of rotatable bonds is 10. The maximum Gasteiger partial charge on any atom is 0.0973 e. The van der Waals surface area contributed by atoms with Crippen LogP contribution in [0.4, 0.5) is 34.1 Å². The molecule has 82 heavy (non-hydrogen) atoms. The smallest absolute Gasteiger partial charge is 0.0973 e. The fraction of sp³-hybridized carbons (Fsp3) is 0.